The summed E-state index contributed by atoms with van der Waals surface area (Å²) in [6, 6.07) is 7.36. The molecular formula is C17H22N2O3S. The molecule has 0 unspecified atom stereocenters. The minimum absolute atomic E-state index is 0.137. The monoisotopic (exact) mass is 334 g/mol. The molecule has 1 amide bonds. The van der Waals surface area contributed by atoms with Gasteiger partial charge in [-0.3, -0.25) is 4.79 Å². The van der Waals surface area contributed by atoms with Gasteiger partial charge in [-0.1, -0.05) is 0 Å². The minimum atomic E-state index is -0.149. The Morgan fingerprint density at radius 3 is 2.35 bits per heavy atom. The molecule has 0 saturated heterocycles. The van der Waals surface area contributed by atoms with Crippen molar-refractivity contribution in [3.63, 3.8) is 0 Å². The van der Waals surface area contributed by atoms with Crippen molar-refractivity contribution < 1.29 is 14.3 Å². The van der Waals surface area contributed by atoms with Gasteiger partial charge < -0.3 is 19.7 Å². The first-order chi connectivity index (χ1) is 11.0. The van der Waals surface area contributed by atoms with E-state index in [1.54, 1.807) is 43.8 Å². The van der Waals surface area contributed by atoms with Crippen molar-refractivity contribution >= 4 is 17.2 Å². The molecule has 0 aliphatic rings. The molecule has 5 nitrogen and oxygen atoms in total. The van der Waals surface area contributed by atoms with E-state index in [2.05, 4.69) is 21.7 Å². The lowest BCUT2D eigenvalue weighted by atomic mass is 10.1. The van der Waals surface area contributed by atoms with Gasteiger partial charge in [0.15, 0.2) is 0 Å². The predicted molar refractivity (Wildman–Crippen MR) is 92.6 cm³/mol. The van der Waals surface area contributed by atoms with Crippen LogP contribution in [-0.4, -0.2) is 45.7 Å². The Balaban J connectivity index is 2.09. The highest BCUT2D eigenvalue weighted by Gasteiger charge is 2.17. The maximum absolute atomic E-state index is 12.4. The molecule has 1 atom stereocenters. The van der Waals surface area contributed by atoms with Gasteiger partial charge in [0, 0.05) is 18.2 Å². The van der Waals surface area contributed by atoms with E-state index in [1.807, 2.05) is 19.5 Å². The van der Waals surface area contributed by atoms with E-state index in [4.69, 9.17) is 9.47 Å². The molecule has 0 radical (unpaired) electrons. The molecule has 0 aliphatic heterocycles. The van der Waals surface area contributed by atoms with Crippen LogP contribution < -0.4 is 14.8 Å². The van der Waals surface area contributed by atoms with Crippen LogP contribution in [0.15, 0.2) is 35.0 Å². The highest BCUT2D eigenvalue weighted by atomic mass is 32.1. The van der Waals surface area contributed by atoms with Crippen LogP contribution in [0, 0.1) is 0 Å². The SMILES string of the molecule is COc1cc(OC)cc(C(=O)NC[C@@H](c2ccsc2)N(C)C)c1. The van der Waals surface area contributed by atoms with Crippen LogP contribution in [-0.2, 0) is 0 Å². The van der Waals surface area contributed by atoms with Crippen LogP contribution in [0.25, 0.3) is 0 Å². The molecule has 2 rings (SSSR count). The van der Waals surface area contributed by atoms with Crippen molar-refractivity contribution in [3.05, 3.63) is 46.2 Å². The second-order valence-electron chi connectivity index (χ2n) is 5.35. The van der Waals surface area contributed by atoms with Gasteiger partial charge in [0.05, 0.1) is 20.3 Å². The van der Waals surface area contributed by atoms with Gasteiger partial charge in [-0.15, -0.1) is 0 Å². The van der Waals surface area contributed by atoms with Crippen LogP contribution in [0.4, 0.5) is 0 Å². The average molecular weight is 334 g/mol. The number of thiophene rings is 1. The summed E-state index contributed by atoms with van der Waals surface area (Å²) in [5, 5.41) is 7.13. The molecule has 1 aromatic heterocycles. The summed E-state index contributed by atoms with van der Waals surface area (Å²) in [7, 11) is 7.14. The second kappa shape index (κ2) is 7.99. The van der Waals surface area contributed by atoms with E-state index in [1.165, 1.54) is 5.56 Å². The third-order valence-corrected chi connectivity index (χ3v) is 4.32. The number of amides is 1. The number of ether oxygens (including phenoxy) is 2. The number of methoxy groups -OCH3 is 2. The van der Waals surface area contributed by atoms with E-state index >= 15 is 0 Å². The number of hydrogen-bond acceptors (Lipinski definition) is 5. The highest BCUT2D eigenvalue weighted by molar-refractivity contribution is 7.07. The predicted octanol–water partition coefficient (Wildman–Crippen LogP) is 2.80. The smallest absolute Gasteiger partial charge is 0.251 e. The third kappa shape index (κ3) is 4.46. The van der Waals surface area contributed by atoms with E-state index in [9.17, 15) is 4.79 Å². The molecule has 0 spiro atoms. The number of nitrogens with one attached hydrogen (secondary N) is 1. The van der Waals surface area contributed by atoms with E-state index < -0.39 is 0 Å². The van der Waals surface area contributed by atoms with Crippen molar-refractivity contribution in [1.82, 2.24) is 10.2 Å². The van der Waals surface area contributed by atoms with Gasteiger partial charge in [0.1, 0.15) is 11.5 Å². The standard InChI is InChI=1S/C17H22N2O3S/c1-19(2)16(12-5-6-23-11-12)10-18-17(20)13-7-14(21-3)9-15(8-13)22-4/h5-9,11,16H,10H2,1-4H3,(H,18,20)/t16-/m0/s1. The first kappa shape index (κ1) is 17.3. The summed E-state index contributed by atoms with van der Waals surface area (Å²) in [6.07, 6.45) is 0. The molecular weight excluding hydrogens is 312 g/mol. The zero-order chi connectivity index (χ0) is 16.8. The largest absolute Gasteiger partial charge is 0.497 e. The van der Waals surface area contributed by atoms with Crippen molar-refractivity contribution in [2.24, 2.45) is 0 Å². The Labute approximate surface area is 140 Å². The topological polar surface area (TPSA) is 50.8 Å². The molecule has 0 fully saturated rings. The summed E-state index contributed by atoms with van der Waals surface area (Å²) >= 11 is 1.65. The number of likely N-dealkylation sites (N-methyl/N-ethyl adjacent to an activating group) is 1. The van der Waals surface area contributed by atoms with Gasteiger partial charge in [0.25, 0.3) is 5.91 Å². The quantitative estimate of drug-likeness (QED) is 0.846. The van der Waals surface area contributed by atoms with Gasteiger partial charge in [-0.2, -0.15) is 11.3 Å². The molecule has 6 heteroatoms. The van der Waals surface area contributed by atoms with Crippen LogP contribution >= 0.6 is 11.3 Å². The summed E-state index contributed by atoms with van der Waals surface area (Å²) in [5.74, 6) is 1.04. The average Bonchev–Trinajstić information content (AvgIpc) is 3.08. The van der Waals surface area contributed by atoms with Crippen LogP contribution in [0.2, 0.25) is 0 Å². The van der Waals surface area contributed by atoms with Gasteiger partial charge >= 0.3 is 0 Å². The Bertz CT molecular complexity index is 619. The van der Waals surface area contributed by atoms with Crippen LogP contribution in [0.3, 0.4) is 0 Å². The molecule has 0 bridgehead atoms. The fourth-order valence-corrected chi connectivity index (χ4v) is 3.00. The van der Waals surface area contributed by atoms with Crippen LogP contribution in [0.1, 0.15) is 22.0 Å². The summed E-state index contributed by atoms with van der Waals surface area (Å²) < 4.78 is 10.4. The number of carbonyl (C=O) groups is 1. The number of rotatable bonds is 7. The Hall–Kier alpha value is -2.05. The lowest BCUT2D eigenvalue weighted by Crippen LogP contribution is -2.34. The summed E-state index contributed by atoms with van der Waals surface area (Å²) in [6.45, 7) is 0.530. The van der Waals surface area contributed by atoms with Gasteiger partial charge in [-0.25, -0.2) is 0 Å². The first-order valence-electron chi connectivity index (χ1n) is 7.25. The maximum Gasteiger partial charge on any atom is 0.251 e. The molecule has 1 aromatic carbocycles. The van der Waals surface area contributed by atoms with E-state index in [0.29, 0.717) is 23.6 Å². The minimum Gasteiger partial charge on any atom is -0.497 e. The molecule has 0 aliphatic carbocycles. The molecule has 23 heavy (non-hydrogen) atoms. The Morgan fingerprint density at radius 2 is 1.87 bits per heavy atom. The first-order valence-corrected chi connectivity index (χ1v) is 8.19. The van der Waals surface area contributed by atoms with E-state index in [0.717, 1.165) is 0 Å². The summed E-state index contributed by atoms with van der Waals surface area (Å²) in [5.41, 5.74) is 1.72. The third-order valence-electron chi connectivity index (χ3n) is 3.62. The Morgan fingerprint density at radius 1 is 1.22 bits per heavy atom. The normalized spacial score (nSPS) is 12.0. The number of benzene rings is 1. The Kier molecular flexibility index (Phi) is 6.01. The molecule has 0 saturated carbocycles. The maximum atomic E-state index is 12.4. The van der Waals surface area contributed by atoms with Crippen molar-refractivity contribution in [2.45, 2.75) is 6.04 Å². The van der Waals surface area contributed by atoms with Gasteiger partial charge in [0.2, 0.25) is 0 Å². The lowest BCUT2D eigenvalue weighted by Gasteiger charge is -2.24. The molecule has 124 valence electrons. The highest BCUT2D eigenvalue weighted by Crippen LogP contribution is 2.23. The summed E-state index contributed by atoms with van der Waals surface area (Å²) in [4.78, 5) is 14.5. The van der Waals surface area contributed by atoms with Crippen LogP contribution in [0.5, 0.6) is 11.5 Å². The van der Waals surface area contributed by atoms with Crippen molar-refractivity contribution in [2.75, 3.05) is 34.9 Å². The molecule has 1 heterocycles. The number of carbonyl (C=O) groups excluding carboxylic acids is 1. The molecule has 1 N–H and O–H groups in total. The fraction of sp³-hybridized carbons (Fsp3) is 0.353. The number of hydrogen-bond donors (Lipinski definition) is 1. The van der Waals surface area contributed by atoms with Crippen molar-refractivity contribution in [1.29, 1.82) is 0 Å². The van der Waals surface area contributed by atoms with Gasteiger partial charge in [-0.05, 0) is 48.6 Å². The lowest BCUT2D eigenvalue weighted by molar-refractivity contribution is 0.0941. The van der Waals surface area contributed by atoms with Crippen molar-refractivity contribution in [3.8, 4) is 11.5 Å². The second-order valence-corrected chi connectivity index (χ2v) is 6.13. The number of nitrogens with zero attached hydrogens (tertiary/aromatic N) is 1. The fourth-order valence-electron chi connectivity index (χ4n) is 2.29. The zero-order valence-electron chi connectivity index (χ0n) is 13.8. The zero-order valence-corrected chi connectivity index (χ0v) is 14.6. The molecule has 2 aromatic rings. The van der Waals surface area contributed by atoms with E-state index in [-0.39, 0.29) is 11.9 Å².